The topological polar surface area (TPSA) is 34.1 Å². The summed E-state index contributed by atoms with van der Waals surface area (Å²) in [6, 6.07) is 8.52. The van der Waals surface area contributed by atoms with Crippen molar-refractivity contribution in [3.8, 4) is 5.75 Å². The predicted octanol–water partition coefficient (Wildman–Crippen LogP) is 3.82. The van der Waals surface area contributed by atoms with Gasteiger partial charge in [0.15, 0.2) is 0 Å². The monoisotopic (exact) mass is 318 g/mol. The summed E-state index contributed by atoms with van der Waals surface area (Å²) in [5.41, 5.74) is 3.50. The van der Waals surface area contributed by atoms with Crippen molar-refractivity contribution in [3.63, 3.8) is 0 Å². The van der Waals surface area contributed by atoms with Crippen molar-refractivity contribution in [1.29, 1.82) is 0 Å². The van der Waals surface area contributed by atoms with Crippen molar-refractivity contribution in [2.75, 3.05) is 13.7 Å². The Balaban J connectivity index is 1.95. The minimum absolute atomic E-state index is 0.226. The summed E-state index contributed by atoms with van der Waals surface area (Å²) >= 11 is 6.29. The van der Waals surface area contributed by atoms with Gasteiger partial charge in [0.2, 0.25) is 0 Å². The van der Waals surface area contributed by atoms with Gasteiger partial charge >= 0.3 is 0 Å². The van der Waals surface area contributed by atoms with E-state index in [1.54, 1.807) is 6.20 Å². The summed E-state index contributed by atoms with van der Waals surface area (Å²) in [6.45, 7) is 4.71. The van der Waals surface area contributed by atoms with E-state index < -0.39 is 0 Å². The fourth-order valence-corrected chi connectivity index (χ4v) is 2.67. The second-order valence-corrected chi connectivity index (χ2v) is 5.89. The maximum Gasteiger partial charge on any atom is 0.137 e. The second-order valence-electron chi connectivity index (χ2n) is 5.48. The Morgan fingerprint density at radius 2 is 2.09 bits per heavy atom. The van der Waals surface area contributed by atoms with E-state index in [1.165, 1.54) is 11.1 Å². The van der Waals surface area contributed by atoms with E-state index in [2.05, 4.69) is 35.4 Å². The lowest BCUT2D eigenvalue weighted by molar-refractivity contribution is 0.268. The minimum atomic E-state index is 0.226. The van der Waals surface area contributed by atoms with Gasteiger partial charge in [0, 0.05) is 17.3 Å². The maximum atomic E-state index is 6.29. The van der Waals surface area contributed by atoms with Gasteiger partial charge in [-0.2, -0.15) is 0 Å². The van der Waals surface area contributed by atoms with E-state index in [9.17, 15) is 0 Å². The highest BCUT2D eigenvalue weighted by atomic mass is 35.5. The van der Waals surface area contributed by atoms with E-state index in [1.807, 2.05) is 26.2 Å². The average molecular weight is 319 g/mol. The Hall–Kier alpha value is -1.58. The van der Waals surface area contributed by atoms with Crippen LogP contribution >= 0.6 is 11.6 Å². The number of aromatic nitrogens is 1. The van der Waals surface area contributed by atoms with Gasteiger partial charge in [0.25, 0.3) is 0 Å². The molecule has 2 rings (SSSR count). The van der Waals surface area contributed by atoms with Crippen molar-refractivity contribution in [2.24, 2.45) is 0 Å². The molecule has 0 aliphatic heterocycles. The van der Waals surface area contributed by atoms with E-state index in [4.69, 9.17) is 16.3 Å². The molecule has 3 nitrogen and oxygen atoms in total. The third-order valence-corrected chi connectivity index (χ3v) is 4.04. The number of aryl methyl sites for hydroxylation is 2. The molecule has 2 aromatic rings. The minimum Gasteiger partial charge on any atom is -0.490 e. The molecule has 0 amide bonds. The summed E-state index contributed by atoms with van der Waals surface area (Å²) in [6.07, 6.45) is 5.39. The van der Waals surface area contributed by atoms with Gasteiger partial charge < -0.3 is 10.1 Å². The quantitative estimate of drug-likeness (QED) is 0.843. The zero-order valence-corrected chi connectivity index (χ0v) is 14.2. The van der Waals surface area contributed by atoms with Crippen LogP contribution in [0.1, 0.15) is 23.6 Å². The first-order chi connectivity index (χ1) is 10.6. The molecule has 0 bridgehead atoms. The highest BCUT2D eigenvalue weighted by Crippen LogP contribution is 2.19. The highest BCUT2D eigenvalue weighted by Gasteiger charge is 2.10. The molecule has 0 radical (unpaired) electrons. The number of nitrogens with one attached hydrogen (secondary N) is 1. The molecule has 1 atom stereocenters. The van der Waals surface area contributed by atoms with Crippen molar-refractivity contribution in [3.05, 3.63) is 58.4 Å². The number of likely N-dealkylation sites (N-methyl/N-ethyl adjacent to an activating group) is 1. The zero-order chi connectivity index (χ0) is 15.9. The van der Waals surface area contributed by atoms with Crippen LogP contribution in [0.5, 0.6) is 5.75 Å². The Labute approximate surface area is 137 Å². The molecule has 1 unspecified atom stereocenters. The Bertz CT molecular complexity index is 616. The molecular formula is C18H23ClN2O. The smallest absolute Gasteiger partial charge is 0.137 e. The molecule has 0 aliphatic rings. The second kappa shape index (κ2) is 8.16. The number of pyridine rings is 1. The van der Waals surface area contributed by atoms with E-state index in [0.29, 0.717) is 6.61 Å². The molecule has 22 heavy (non-hydrogen) atoms. The van der Waals surface area contributed by atoms with Gasteiger partial charge in [-0.25, -0.2) is 0 Å². The number of benzene rings is 1. The first-order valence-electron chi connectivity index (χ1n) is 7.61. The van der Waals surface area contributed by atoms with Crippen molar-refractivity contribution in [2.45, 2.75) is 32.7 Å². The van der Waals surface area contributed by atoms with Crippen LogP contribution in [0.4, 0.5) is 0 Å². The molecule has 1 aromatic heterocycles. The Kier molecular flexibility index (Phi) is 6.22. The van der Waals surface area contributed by atoms with Crippen molar-refractivity contribution >= 4 is 11.6 Å². The van der Waals surface area contributed by atoms with E-state index >= 15 is 0 Å². The van der Waals surface area contributed by atoms with Gasteiger partial charge in [0.1, 0.15) is 12.4 Å². The highest BCUT2D eigenvalue weighted by molar-refractivity contribution is 6.31. The summed E-state index contributed by atoms with van der Waals surface area (Å²) < 4.78 is 5.83. The summed E-state index contributed by atoms with van der Waals surface area (Å²) in [7, 11) is 1.95. The number of hydrogen-bond donors (Lipinski definition) is 1. The summed E-state index contributed by atoms with van der Waals surface area (Å²) in [4.78, 5) is 4.14. The molecule has 0 fully saturated rings. The van der Waals surface area contributed by atoms with Gasteiger partial charge in [-0.3, -0.25) is 4.98 Å². The molecule has 1 aromatic carbocycles. The Morgan fingerprint density at radius 3 is 2.73 bits per heavy atom. The first-order valence-corrected chi connectivity index (χ1v) is 7.99. The predicted molar refractivity (Wildman–Crippen MR) is 91.9 cm³/mol. The normalized spacial score (nSPS) is 12.2. The lowest BCUT2D eigenvalue weighted by Gasteiger charge is -2.17. The van der Waals surface area contributed by atoms with E-state index in [-0.39, 0.29) is 6.04 Å². The third kappa shape index (κ3) is 4.72. The SMILES string of the molecule is CCc1ccc(CC(COc2cncc(C)c2)NC)cc1Cl. The fraction of sp³-hybridized carbons (Fsp3) is 0.389. The van der Waals surface area contributed by atoms with Crippen molar-refractivity contribution in [1.82, 2.24) is 10.3 Å². The number of hydrogen-bond acceptors (Lipinski definition) is 3. The molecule has 1 heterocycles. The lowest BCUT2D eigenvalue weighted by atomic mass is 10.0. The number of halogens is 1. The van der Waals surface area contributed by atoms with Crippen LogP contribution in [0.2, 0.25) is 5.02 Å². The average Bonchev–Trinajstić information content (AvgIpc) is 2.51. The molecule has 0 aliphatic carbocycles. The van der Waals surface area contributed by atoms with Gasteiger partial charge in [-0.1, -0.05) is 30.7 Å². The Morgan fingerprint density at radius 1 is 1.27 bits per heavy atom. The molecular weight excluding hydrogens is 296 g/mol. The largest absolute Gasteiger partial charge is 0.490 e. The molecule has 4 heteroatoms. The van der Waals surface area contributed by atoms with Crippen LogP contribution in [0.25, 0.3) is 0 Å². The molecule has 0 saturated heterocycles. The molecule has 0 spiro atoms. The van der Waals surface area contributed by atoms with Crippen LogP contribution < -0.4 is 10.1 Å². The van der Waals surface area contributed by atoms with Gasteiger partial charge in [-0.15, -0.1) is 0 Å². The molecule has 1 N–H and O–H groups in total. The van der Waals surface area contributed by atoms with Crippen LogP contribution in [0, 0.1) is 6.92 Å². The first kappa shape index (κ1) is 16.8. The van der Waals surface area contributed by atoms with Gasteiger partial charge in [0.05, 0.1) is 6.20 Å². The van der Waals surface area contributed by atoms with Crippen LogP contribution in [0.3, 0.4) is 0 Å². The molecule has 118 valence electrons. The standard InChI is InChI=1S/C18H23ClN2O/c1-4-15-6-5-14(9-18(15)19)8-16(20-3)12-22-17-7-13(2)10-21-11-17/h5-7,9-11,16,20H,4,8,12H2,1-3H3. The van der Waals surface area contributed by atoms with Crippen molar-refractivity contribution < 1.29 is 4.74 Å². The third-order valence-electron chi connectivity index (χ3n) is 3.69. The van der Waals surface area contributed by atoms with E-state index in [0.717, 1.165) is 29.2 Å². The van der Waals surface area contributed by atoms with Crippen LogP contribution in [-0.4, -0.2) is 24.7 Å². The number of rotatable bonds is 7. The number of ether oxygens (including phenoxy) is 1. The van der Waals surface area contributed by atoms with Crippen LogP contribution in [0.15, 0.2) is 36.7 Å². The summed E-state index contributed by atoms with van der Waals surface area (Å²) in [5, 5.41) is 4.14. The molecule has 0 saturated carbocycles. The van der Waals surface area contributed by atoms with Crippen LogP contribution in [-0.2, 0) is 12.8 Å². The fourth-order valence-electron chi connectivity index (χ4n) is 2.34. The summed E-state index contributed by atoms with van der Waals surface area (Å²) in [5.74, 6) is 0.805. The zero-order valence-electron chi connectivity index (χ0n) is 13.4. The maximum absolute atomic E-state index is 6.29. The lowest BCUT2D eigenvalue weighted by Crippen LogP contribution is -2.33. The number of nitrogens with zero attached hydrogens (tertiary/aromatic N) is 1. The van der Waals surface area contributed by atoms with Gasteiger partial charge in [-0.05, 0) is 55.6 Å².